The van der Waals surface area contributed by atoms with Crippen LogP contribution in [0.5, 0.6) is 0 Å². The van der Waals surface area contributed by atoms with Crippen molar-refractivity contribution in [1.29, 1.82) is 0 Å². The third kappa shape index (κ3) is 4.62. The van der Waals surface area contributed by atoms with E-state index in [2.05, 4.69) is 5.32 Å². The Morgan fingerprint density at radius 1 is 1.27 bits per heavy atom. The average Bonchev–Trinajstić information content (AvgIpc) is 2.23. The van der Waals surface area contributed by atoms with Crippen LogP contribution in [0.25, 0.3) is 0 Å². The summed E-state index contributed by atoms with van der Waals surface area (Å²) in [6, 6.07) is 3.56. The summed E-state index contributed by atoms with van der Waals surface area (Å²) in [4.78, 5) is 0.402. The fourth-order valence-corrected chi connectivity index (χ4v) is 2.14. The van der Waals surface area contributed by atoms with Gasteiger partial charge in [0.05, 0.1) is 0 Å². The molecule has 0 amide bonds. The molecule has 0 aromatic heterocycles. The Bertz CT molecular complexity index is 305. The minimum absolute atomic E-state index is 0.338. The predicted molar refractivity (Wildman–Crippen MR) is 60.2 cm³/mol. The van der Waals surface area contributed by atoms with Crippen molar-refractivity contribution in [2.75, 3.05) is 19.3 Å². The minimum atomic E-state index is -0.380. The van der Waals surface area contributed by atoms with Crippen molar-refractivity contribution in [2.24, 2.45) is 0 Å². The van der Waals surface area contributed by atoms with E-state index in [1.54, 1.807) is 0 Å². The molecular formula is C11H15F2NS. The number of rotatable bonds is 6. The second kappa shape index (κ2) is 6.80. The second-order valence-corrected chi connectivity index (χ2v) is 4.37. The fraction of sp³-hybridized carbons (Fsp3) is 0.455. The number of halogens is 2. The lowest BCUT2D eigenvalue weighted by molar-refractivity contribution is 0.577. The van der Waals surface area contributed by atoms with Crippen LogP contribution in [-0.2, 0) is 0 Å². The van der Waals surface area contributed by atoms with Gasteiger partial charge in [0.15, 0.2) is 0 Å². The highest BCUT2D eigenvalue weighted by Crippen LogP contribution is 2.23. The summed E-state index contributed by atoms with van der Waals surface area (Å²) < 4.78 is 25.9. The maximum absolute atomic E-state index is 13.1. The van der Waals surface area contributed by atoms with E-state index >= 15 is 0 Å². The molecule has 1 aromatic carbocycles. The first-order chi connectivity index (χ1) is 7.24. The van der Waals surface area contributed by atoms with Crippen LogP contribution < -0.4 is 5.32 Å². The van der Waals surface area contributed by atoms with Crippen LogP contribution >= 0.6 is 11.8 Å². The first-order valence-corrected chi connectivity index (χ1v) is 5.95. The normalized spacial score (nSPS) is 10.6. The molecule has 4 heteroatoms. The van der Waals surface area contributed by atoms with Crippen LogP contribution in [0.1, 0.15) is 12.8 Å². The van der Waals surface area contributed by atoms with Gasteiger partial charge in [-0.3, -0.25) is 0 Å². The molecule has 1 N–H and O–H groups in total. The van der Waals surface area contributed by atoms with E-state index in [4.69, 9.17) is 0 Å². The molecule has 1 aromatic rings. The Balaban J connectivity index is 2.33. The zero-order chi connectivity index (χ0) is 11.1. The highest BCUT2D eigenvalue weighted by Gasteiger charge is 2.03. The van der Waals surface area contributed by atoms with Crippen LogP contribution in [0, 0.1) is 11.6 Å². The molecule has 0 aliphatic rings. The van der Waals surface area contributed by atoms with E-state index in [9.17, 15) is 8.78 Å². The van der Waals surface area contributed by atoms with E-state index < -0.39 is 0 Å². The number of hydrogen-bond acceptors (Lipinski definition) is 2. The molecule has 0 aliphatic heterocycles. The SMILES string of the molecule is CNCCCCSc1cc(F)ccc1F. The summed E-state index contributed by atoms with van der Waals surface area (Å²) >= 11 is 1.37. The molecule has 15 heavy (non-hydrogen) atoms. The van der Waals surface area contributed by atoms with Gasteiger partial charge in [0, 0.05) is 4.90 Å². The summed E-state index contributed by atoms with van der Waals surface area (Å²) in [7, 11) is 1.90. The van der Waals surface area contributed by atoms with Crippen LogP contribution in [0.4, 0.5) is 8.78 Å². The molecule has 1 rings (SSSR count). The quantitative estimate of drug-likeness (QED) is 0.596. The molecule has 0 heterocycles. The standard InChI is InChI=1S/C11H15F2NS/c1-14-6-2-3-7-15-11-8-9(12)4-5-10(11)13/h4-5,8,14H,2-3,6-7H2,1H3. The highest BCUT2D eigenvalue weighted by molar-refractivity contribution is 7.99. The number of thioether (sulfide) groups is 1. The molecule has 0 saturated heterocycles. The van der Waals surface area contributed by atoms with Gasteiger partial charge in [-0.05, 0) is 50.4 Å². The molecule has 0 fully saturated rings. The molecule has 0 unspecified atom stereocenters. The van der Waals surface area contributed by atoms with Crippen molar-refractivity contribution in [2.45, 2.75) is 17.7 Å². The van der Waals surface area contributed by atoms with E-state index in [0.717, 1.165) is 31.2 Å². The van der Waals surface area contributed by atoms with Gasteiger partial charge >= 0.3 is 0 Å². The van der Waals surface area contributed by atoms with Gasteiger partial charge in [0.1, 0.15) is 11.6 Å². The van der Waals surface area contributed by atoms with Crippen molar-refractivity contribution >= 4 is 11.8 Å². The number of unbranched alkanes of at least 4 members (excludes halogenated alkanes) is 1. The minimum Gasteiger partial charge on any atom is -0.320 e. The molecular weight excluding hydrogens is 216 g/mol. The maximum Gasteiger partial charge on any atom is 0.136 e. The summed E-state index contributed by atoms with van der Waals surface area (Å²) in [5.41, 5.74) is 0. The molecule has 1 nitrogen and oxygen atoms in total. The summed E-state index contributed by atoms with van der Waals surface area (Å²) in [5.74, 6) is 0.103. The first-order valence-electron chi connectivity index (χ1n) is 4.96. The predicted octanol–water partition coefficient (Wildman–Crippen LogP) is 3.06. The molecule has 0 aliphatic carbocycles. The van der Waals surface area contributed by atoms with Crippen molar-refractivity contribution in [3.05, 3.63) is 29.8 Å². The van der Waals surface area contributed by atoms with E-state index in [0.29, 0.717) is 4.90 Å². The largest absolute Gasteiger partial charge is 0.320 e. The van der Waals surface area contributed by atoms with Gasteiger partial charge < -0.3 is 5.32 Å². The lowest BCUT2D eigenvalue weighted by Crippen LogP contribution is -2.07. The van der Waals surface area contributed by atoms with Gasteiger partial charge in [-0.15, -0.1) is 11.8 Å². The zero-order valence-electron chi connectivity index (χ0n) is 8.72. The van der Waals surface area contributed by atoms with Crippen molar-refractivity contribution in [3.8, 4) is 0 Å². The lowest BCUT2D eigenvalue weighted by atomic mass is 10.3. The first kappa shape index (κ1) is 12.5. The molecule has 0 bridgehead atoms. The van der Waals surface area contributed by atoms with E-state index in [1.165, 1.54) is 23.9 Å². The Morgan fingerprint density at radius 3 is 2.80 bits per heavy atom. The smallest absolute Gasteiger partial charge is 0.136 e. The van der Waals surface area contributed by atoms with Crippen LogP contribution in [0.3, 0.4) is 0 Å². The Kier molecular flexibility index (Phi) is 5.65. The van der Waals surface area contributed by atoms with E-state index in [1.807, 2.05) is 7.05 Å². The molecule has 84 valence electrons. The van der Waals surface area contributed by atoms with Crippen LogP contribution in [-0.4, -0.2) is 19.3 Å². The van der Waals surface area contributed by atoms with Gasteiger partial charge in [-0.25, -0.2) is 8.78 Å². The maximum atomic E-state index is 13.1. The lowest BCUT2D eigenvalue weighted by Gasteiger charge is -2.03. The number of hydrogen-bond donors (Lipinski definition) is 1. The molecule has 0 atom stereocenters. The fourth-order valence-electron chi connectivity index (χ4n) is 1.17. The molecule has 0 saturated carbocycles. The van der Waals surface area contributed by atoms with Gasteiger partial charge in [-0.2, -0.15) is 0 Å². The third-order valence-corrected chi connectivity index (χ3v) is 3.09. The molecule has 0 radical (unpaired) electrons. The van der Waals surface area contributed by atoms with Gasteiger partial charge in [-0.1, -0.05) is 0 Å². The van der Waals surface area contributed by atoms with Crippen LogP contribution in [0.2, 0.25) is 0 Å². The summed E-state index contributed by atoms with van der Waals surface area (Å²) in [6.45, 7) is 0.964. The number of nitrogens with one attached hydrogen (secondary N) is 1. The van der Waals surface area contributed by atoms with Gasteiger partial charge in [0.25, 0.3) is 0 Å². The summed E-state index contributed by atoms with van der Waals surface area (Å²) in [5, 5.41) is 3.04. The topological polar surface area (TPSA) is 12.0 Å². The Labute approximate surface area is 93.3 Å². The average molecular weight is 231 g/mol. The van der Waals surface area contributed by atoms with Crippen molar-refractivity contribution < 1.29 is 8.78 Å². The summed E-state index contributed by atoms with van der Waals surface area (Å²) in [6.07, 6.45) is 2.06. The zero-order valence-corrected chi connectivity index (χ0v) is 9.54. The molecule has 0 spiro atoms. The highest BCUT2D eigenvalue weighted by atomic mass is 32.2. The Hall–Kier alpha value is -0.610. The monoisotopic (exact) mass is 231 g/mol. The van der Waals surface area contributed by atoms with Crippen LogP contribution in [0.15, 0.2) is 23.1 Å². The third-order valence-electron chi connectivity index (χ3n) is 1.97. The second-order valence-electron chi connectivity index (χ2n) is 3.23. The number of benzene rings is 1. The van der Waals surface area contributed by atoms with Crippen molar-refractivity contribution in [3.63, 3.8) is 0 Å². The van der Waals surface area contributed by atoms with E-state index in [-0.39, 0.29) is 11.6 Å². The van der Waals surface area contributed by atoms with Gasteiger partial charge in [0.2, 0.25) is 0 Å². The van der Waals surface area contributed by atoms with Crippen molar-refractivity contribution in [1.82, 2.24) is 5.32 Å². The Morgan fingerprint density at radius 2 is 2.07 bits per heavy atom.